The summed E-state index contributed by atoms with van der Waals surface area (Å²) in [6, 6.07) is 11.8. The van der Waals surface area contributed by atoms with Gasteiger partial charge in [0.05, 0.1) is 5.56 Å². The molecular weight excluding hydrogens is 372 g/mol. The highest BCUT2D eigenvalue weighted by atomic mass is 35.5. The highest BCUT2D eigenvalue weighted by molar-refractivity contribution is 6.30. The number of carbonyl (C=O) groups excluding carboxylic acids is 1. The van der Waals surface area contributed by atoms with Crippen molar-refractivity contribution in [2.24, 2.45) is 0 Å². The van der Waals surface area contributed by atoms with E-state index in [1.807, 2.05) is 35.2 Å². The van der Waals surface area contributed by atoms with Crippen LogP contribution in [-0.2, 0) is 0 Å². The van der Waals surface area contributed by atoms with Crippen molar-refractivity contribution in [3.63, 3.8) is 0 Å². The van der Waals surface area contributed by atoms with Gasteiger partial charge in [0.25, 0.3) is 5.91 Å². The molecule has 5 nitrogen and oxygen atoms in total. The SMILES string of the molecule is O=C(c1ccc(N2CCCCCC2)nc1)N1CCN(c2cccc(Cl)c2)CC1. The molecule has 1 amide bonds. The molecule has 0 spiro atoms. The van der Waals surface area contributed by atoms with Crippen LogP contribution < -0.4 is 9.80 Å². The van der Waals surface area contributed by atoms with Gasteiger partial charge >= 0.3 is 0 Å². The molecule has 2 fully saturated rings. The number of hydrogen-bond acceptors (Lipinski definition) is 4. The lowest BCUT2D eigenvalue weighted by Crippen LogP contribution is -2.48. The smallest absolute Gasteiger partial charge is 0.255 e. The van der Waals surface area contributed by atoms with E-state index in [1.54, 1.807) is 6.20 Å². The minimum Gasteiger partial charge on any atom is -0.368 e. The molecular formula is C22H27ClN4O. The van der Waals surface area contributed by atoms with Crippen LogP contribution in [0.5, 0.6) is 0 Å². The molecule has 2 saturated heterocycles. The van der Waals surface area contributed by atoms with Gasteiger partial charge in [-0.15, -0.1) is 0 Å². The van der Waals surface area contributed by atoms with Gasteiger partial charge in [-0.3, -0.25) is 4.79 Å². The van der Waals surface area contributed by atoms with E-state index in [4.69, 9.17) is 11.6 Å². The molecule has 2 aliphatic heterocycles. The van der Waals surface area contributed by atoms with E-state index in [0.29, 0.717) is 18.7 Å². The summed E-state index contributed by atoms with van der Waals surface area (Å²) >= 11 is 6.10. The van der Waals surface area contributed by atoms with E-state index in [-0.39, 0.29) is 5.91 Å². The zero-order valence-electron chi connectivity index (χ0n) is 16.2. The van der Waals surface area contributed by atoms with Gasteiger partial charge in [0.15, 0.2) is 0 Å². The molecule has 0 saturated carbocycles. The quantitative estimate of drug-likeness (QED) is 0.781. The summed E-state index contributed by atoms with van der Waals surface area (Å²) < 4.78 is 0. The molecule has 0 atom stereocenters. The Balaban J connectivity index is 1.36. The average Bonchev–Trinajstić information content (AvgIpc) is 3.03. The minimum atomic E-state index is 0.0701. The fraction of sp³-hybridized carbons (Fsp3) is 0.455. The zero-order valence-corrected chi connectivity index (χ0v) is 16.9. The maximum Gasteiger partial charge on any atom is 0.255 e. The Labute approximate surface area is 171 Å². The molecule has 0 N–H and O–H groups in total. The third kappa shape index (κ3) is 4.41. The Bertz CT molecular complexity index is 794. The lowest BCUT2D eigenvalue weighted by Gasteiger charge is -2.36. The van der Waals surface area contributed by atoms with Crippen molar-refractivity contribution < 1.29 is 4.79 Å². The summed E-state index contributed by atoms with van der Waals surface area (Å²) in [6.45, 7) is 5.16. The van der Waals surface area contributed by atoms with Gasteiger partial charge in [-0.05, 0) is 43.2 Å². The van der Waals surface area contributed by atoms with Crippen LogP contribution in [0, 0.1) is 0 Å². The number of anilines is 2. The molecule has 4 rings (SSSR count). The number of hydrogen-bond donors (Lipinski definition) is 0. The fourth-order valence-electron chi connectivity index (χ4n) is 4.02. The Morgan fingerprint density at radius 2 is 1.61 bits per heavy atom. The summed E-state index contributed by atoms with van der Waals surface area (Å²) in [5, 5.41) is 0.742. The van der Waals surface area contributed by atoms with Crippen molar-refractivity contribution >= 4 is 29.0 Å². The van der Waals surface area contributed by atoms with E-state index in [1.165, 1.54) is 25.7 Å². The molecule has 1 aromatic heterocycles. The van der Waals surface area contributed by atoms with Crippen molar-refractivity contribution in [3.05, 3.63) is 53.2 Å². The second kappa shape index (κ2) is 8.82. The predicted octanol–water partition coefficient (Wildman–Crippen LogP) is 4.08. The van der Waals surface area contributed by atoms with E-state index in [2.05, 4.69) is 20.9 Å². The van der Waals surface area contributed by atoms with Crippen LogP contribution in [-0.4, -0.2) is 55.1 Å². The van der Waals surface area contributed by atoms with E-state index in [9.17, 15) is 4.79 Å². The maximum atomic E-state index is 12.9. The van der Waals surface area contributed by atoms with Gasteiger partial charge in [-0.2, -0.15) is 0 Å². The van der Waals surface area contributed by atoms with Gasteiger partial charge in [0.2, 0.25) is 0 Å². The lowest BCUT2D eigenvalue weighted by atomic mass is 10.2. The third-order valence-electron chi connectivity index (χ3n) is 5.67. The second-order valence-corrected chi connectivity index (χ2v) is 8.00. The number of benzene rings is 1. The maximum absolute atomic E-state index is 12.9. The standard InChI is InChI=1S/C22H27ClN4O/c23-19-6-5-7-20(16-19)25-12-14-27(15-13-25)22(28)18-8-9-21(24-17-18)26-10-3-1-2-4-11-26/h5-9,16-17H,1-4,10-15H2. The van der Waals surface area contributed by atoms with Crippen molar-refractivity contribution in [1.82, 2.24) is 9.88 Å². The molecule has 0 aliphatic carbocycles. The highest BCUT2D eigenvalue weighted by Gasteiger charge is 2.23. The number of halogens is 1. The minimum absolute atomic E-state index is 0.0701. The third-order valence-corrected chi connectivity index (χ3v) is 5.90. The van der Waals surface area contributed by atoms with Gasteiger partial charge in [-0.25, -0.2) is 4.98 Å². The molecule has 0 bridgehead atoms. The van der Waals surface area contributed by atoms with Gasteiger partial charge in [0, 0.05) is 56.2 Å². The van der Waals surface area contributed by atoms with Crippen molar-refractivity contribution in [2.45, 2.75) is 25.7 Å². The summed E-state index contributed by atoms with van der Waals surface area (Å²) in [7, 11) is 0. The lowest BCUT2D eigenvalue weighted by molar-refractivity contribution is 0.0746. The monoisotopic (exact) mass is 398 g/mol. The zero-order chi connectivity index (χ0) is 19.3. The van der Waals surface area contributed by atoms with Crippen molar-refractivity contribution in [2.75, 3.05) is 49.1 Å². The molecule has 148 valence electrons. The number of nitrogens with zero attached hydrogens (tertiary/aromatic N) is 4. The predicted molar refractivity (Wildman–Crippen MR) is 114 cm³/mol. The van der Waals surface area contributed by atoms with E-state index in [0.717, 1.165) is 42.7 Å². The molecule has 6 heteroatoms. The van der Waals surface area contributed by atoms with Crippen molar-refractivity contribution in [3.8, 4) is 0 Å². The first-order chi connectivity index (χ1) is 13.7. The Kier molecular flexibility index (Phi) is 6.01. The number of carbonyl (C=O) groups is 1. The molecule has 2 aliphatic rings. The first kappa shape index (κ1) is 19.1. The largest absolute Gasteiger partial charge is 0.368 e. The van der Waals surface area contributed by atoms with Crippen LogP contribution in [0.25, 0.3) is 0 Å². The van der Waals surface area contributed by atoms with Crippen LogP contribution in [0.15, 0.2) is 42.6 Å². The van der Waals surface area contributed by atoms with Crippen LogP contribution >= 0.6 is 11.6 Å². The molecule has 0 radical (unpaired) electrons. The normalized spacial score (nSPS) is 18.1. The Morgan fingerprint density at radius 1 is 0.857 bits per heavy atom. The number of pyridine rings is 1. The average molecular weight is 399 g/mol. The summed E-state index contributed by atoms with van der Waals surface area (Å²) in [6.07, 6.45) is 6.78. The van der Waals surface area contributed by atoms with E-state index >= 15 is 0 Å². The van der Waals surface area contributed by atoms with Gasteiger partial charge < -0.3 is 14.7 Å². The van der Waals surface area contributed by atoms with Crippen LogP contribution in [0.1, 0.15) is 36.0 Å². The van der Waals surface area contributed by atoms with Crippen LogP contribution in [0.3, 0.4) is 0 Å². The van der Waals surface area contributed by atoms with E-state index < -0.39 is 0 Å². The molecule has 28 heavy (non-hydrogen) atoms. The highest BCUT2D eigenvalue weighted by Crippen LogP contribution is 2.22. The first-order valence-electron chi connectivity index (χ1n) is 10.2. The summed E-state index contributed by atoms with van der Waals surface area (Å²) in [5.74, 6) is 1.06. The number of amides is 1. The number of piperazine rings is 1. The molecule has 0 unspecified atom stereocenters. The van der Waals surface area contributed by atoms with Gasteiger partial charge in [-0.1, -0.05) is 30.5 Å². The Morgan fingerprint density at radius 3 is 2.25 bits per heavy atom. The molecule has 1 aromatic carbocycles. The van der Waals surface area contributed by atoms with Crippen molar-refractivity contribution in [1.29, 1.82) is 0 Å². The fourth-order valence-corrected chi connectivity index (χ4v) is 4.21. The summed E-state index contributed by atoms with van der Waals surface area (Å²) in [4.78, 5) is 24.0. The second-order valence-electron chi connectivity index (χ2n) is 7.57. The van der Waals surface area contributed by atoms with Gasteiger partial charge in [0.1, 0.15) is 5.82 Å². The number of aromatic nitrogens is 1. The van der Waals surface area contributed by atoms with Crippen LogP contribution in [0.4, 0.5) is 11.5 Å². The van der Waals surface area contributed by atoms with Crippen LogP contribution in [0.2, 0.25) is 5.02 Å². The Hall–Kier alpha value is -2.27. The topological polar surface area (TPSA) is 39.7 Å². The molecule has 2 aromatic rings. The number of rotatable bonds is 3. The summed E-state index contributed by atoms with van der Waals surface area (Å²) in [5.41, 5.74) is 1.79. The molecule has 3 heterocycles. The first-order valence-corrected chi connectivity index (χ1v) is 10.6.